The molecular weight excluding hydrogens is 414 g/mol. The number of unbranched alkanes of at least 4 members (excludes halogenated alkanes) is 14. The normalized spacial score (nSPS) is 13.1. The topological polar surface area (TPSA) is 107 Å². The third-order valence-electron chi connectivity index (χ3n) is 5.45. The van der Waals surface area contributed by atoms with Gasteiger partial charge < -0.3 is 20.6 Å². The number of carbonyl (C=O) groups excluding carboxylic acids is 1. The van der Waals surface area contributed by atoms with Gasteiger partial charge in [0.15, 0.2) is 0 Å². The van der Waals surface area contributed by atoms with Gasteiger partial charge in [-0.3, -0.25) is 4.79 Å². The van der Waals surface area contributed by atoms with E-state index >= 15 is 0 Å². The molecule has 0 saturated heterocycles. The summed E-state index contributed by atoms with van der Waals surface area (Å²) >= 11 is 1.21. The van der Waals surface area contributed by atoms with Crippen molar-refractivity contribution in [3.8, 4) is 0 Å². The number of hydrogen-bond donors (Lipinski definition) is 4. The van der Waals surface area contributed by atoms with E-state index in [0.717, 1.165) is 19.3 Å². The Morgan fingerprint density at radius 1 is 0.774 bits per heavy atom. The molecule has 0 radical (unpaired) electrons. The largest absolute Gasteiger partial charge is 0.480 e. The zero-order valence-electron chi connectivity index (χ0n) is 19.7. The fourth-order valence-corrected chi connectivity index (χ4v) is 4.45. The van der Waals surface area contributed by atoms with Gasteiger partial charge in [0, 0.05) is 17.9 Å². The van der Waals surface area contributed by atoms with Crippen molar-refractivity contribution in [1.82, 2.24) is 5.32 Å². The lowest BCUT2D eigenvalue weighted by Gasteiger charge is -2.15. The number of aliphatic hydroxyl groups is 2. The molecule has 0 aromatic heterocycles. The fraction of sp³-hybridized carbons (Fsp3) is 0.917. The van der Waals surface area contributed by atoms with Crippen LogP contribution in [0.15, 0.2) is 0 Å². The number of nitrogens with one attached hydrogen (secondary N) is 1. The minimum Gasteiger partial charge on any atom is -0.480 e. The van der Waals surface area contributed by atoms with Gasteiger partial charge in [0.1, 0.15) is 6.04 Å². The first-order valence-electron chi connectivity index (χ1n) is 12.4. The zero-order chi connectivity index (χ0) is 23.2. The fourth-order valence-electron chi connectivity index (χ4n) is 3.47. The molecule has 0 heterocycles. The number of thioether (sulfide) groups is 1. The number of hydrogen-bond acceptors (Lipinski definition) is 5. The number of carboxylic acid groups (broad SMARTS) is 1. The van der Waals surface area contributed by atoms with Crippen LogP contribution in [0, 0.1) is 0 Å². The molecule has 4 N–H and O–H groups in total. The number of amides is 1. The quantitative estimate of drug-likeness (QED) is 0.161. The molecule has 31 heavy (non-hydrogen) atoms. The standard InChI is InChI=1S/C24H47NO5S/c1-2-3-4-5-6-7-8-9-10-11-12-13-14-15-16-17-23(28)25-22(24(29)30)20-31-19-21(27)18-26/h21-22,26-27H,2-20H2,1H3,(H,25,28)(H,29,30)/t21-,22-/m1/s1. The van der Waals surface area contributed by atoms with Crippen molar-refractivity contribution in [2.24, 2.45) is 0 Å². The highest BCUT2D eigenvalue weighted by molar-refractivity contribution is 7.99. The van der Waals surface area contributed by atoms with E-state index in [1.54, 1.807) is 0 Å². The summed E-state index contributed by atoms with van der Waals surface area (Å²) in [5.74, 6) is -0.882. The summed E-state index contributed by atoms with van der Waals surface area (Å²) in [6, 6.07) is -0.959. The van der Waals surface area contributed by atoms with Crippen LogP contribution < -0.4 is 5.32 Å². The molecule has 0 spiro atoms. The maximum Gasteiger partial charge on any atom is 0.327 e. The van der Waals surface area contributed by atoms with Gasteiger partial charge in [-0.15, -0.1) is 0 Å². The Balaban J connectivity index is 3.52. The molecule has 0 bridgehead atoms. The summed E-state index contributed by atoms with van der Waals surface area (Å²) in [6.07, 6.45) is 18.5. The molecule has 0 unspecified atom stereocenters. The van der Waals surface area contributed by atoms with Gasteiger partial charge in [-0.2, -0.15) is 11.8 Å². The van der Waals surface area contributed by atoms with Gasteiger partial charge in [0.2, 0.25) is 5.91 Å². The number of rotatable bonds is 23. The zero-order valence-corrected chi connectivity index (χ0v) is 20.5. The summed E-state index contributed by atoms with van der Waals surface area (Å²) in [7, 11) is 0. The summed E-state index contributed by atoms with van der Waals surface area (Å²) in [6.45, 7) is 1.90. The maximum absolute atomic E-state index is 12.0. The van der Waals surface area contributed by atoms with Crippen LogP contribution >= 0.6 is 11.8 Å². The Labute approximate surface area is 194 Å². The summed E-state index contributed by atoms with van der Waals surface area (Å²) in [4.78, 5) is 23.2. The highest BCUT2D eigenvalue weighted by Crippen LogP contribution is 2.14. The van der Waals surface area contributed by atoms with Crippen LogP contribution in [0.3, 0.4) is 0 Å². The average molecular weight is 462 g/mol. The Kier molecular flexibility index (Phi) is 21.8. The third kappa shape index (κ3) is 20.8. The number of aliphatic carboxylic acids is 1. The molecule has 0 saturated carbocycles. The predicted octanol–water partition coefficient (Wildman–Crippen LogP) is 4.90. The summed E-state index contributed by atoms with van der Waals surface area (Å²) < 4.78 is 0. The van der Waals surface area contributed by atoms with Crippen molar-refractivity contribution < 1.29 is 24.9 Å². The van der Waals surface area contributed by atoms with Crippen LogP contribution in [0.5, 0.6) is 0 Å². The van der Waals surface area contributed by atoms with Crippen molar-refractivity contribution in [2.75, 3.05) is 18.1 Å². The van der Waals surface area contributed by atoms with Crippen LogP contribution in [0.1, 0.15) is 110 Å². The smallest absolute Gasteiger partial charge is 0.327 e. The number of carbonyl (C=O) groups is 2. The average Bonchev–Trinajstić information content (AvgIpc) is 2.75. The van der Waals surface area contributed by atoms with Gasteiger partial charge in [0.05, 0.1) is 12.7 Å². The SMILES string of the molecule is CCCCCCCCCCCCCCCCCC(=O)N[C@H](CSC[C@H](O)CO)C(=O)O. The van der Waals surface area contributed by atoms with Crippen molar-refractivity contribution in [3.05, 3.63) is 0 Å². The Bertz CT molecular complexity index is 436. The van der Waals surface area contributed by atoms with Crippen LogP contribution in [0.4, 0.5) is 0 Å². The van der Waals surface area contributed by atoms with E-state index in [-0.39, 0.29) is 24.0 Å². The molecule has 2 atom stereocenters. The number of carboxylic acids is 1. The van der Waals surface area contributed by atoms with E-state index < -0.39 is 18.1 Å². The second kappa shape index (κ2) is 22.4. The molecule has 7 heteroatoms. The van der Waals surface area contributed by atoms with Gasteiger partial charge >= 0.3 is 5.97 Å². The van der Waals surface area contributed by atoms with E-state index in [2.05, 4.69) is 12.2 Å². The molecule has 0 aromatic rings. The molecular formula is C24H47NO5S. The molecule has 0 aliphatic heterocycles. The Morgan fingerprint density at radius 2 is 1.23 bits per heavy atom. The van der Waals surface area contributed by atoms with E-state index in [0.29, 0.717) is 6.42 Å². The van der Waals surface area contributed by atoms with Crippen LogP contribution in [0.25, 0.3) is 0 Å². The summed E-state index contributed by atoms with van der Waals surface area (Å²) in [5, 5.41) is 29.8. The molecule has 0 aliphatic carbocycles. The van der Waals surface area contributed by atoms with Gasteiger partial charge in [-0.1, -0.05) is 96.8 Å². The maximum atomic E-state index is 12.0. The van der Waals surface area contributed by atoms with E-state index in [1.807, 2.05) is 0 Å². The lowest BCUT2D eigenvalue weighted by atomic mass is 10.0. The van der Waals surface area contributed by atoms with Gasteiger partial charge in [-0.25, -0.2) is 4.79 Å². The highest BCUT2D eigenvalue weighted by Gasteiger charge is 2.20. The van der Waals surface area contributed by atoms with Gasteiger partial charge in [-0.05, 0) is 6.42 Å². The number of aliphatic hydroxyl groups excluding tert-OH is 2. The monoisotopic (exact) mass is 461 g/mol. The lowest BCUT2D eigenvalue weighted by Crippen LogP contribution is -2.42. The van der Waals surface area contributed by atoms with Crippen LogP contribution in [0.2, 0.25) is 0 Å². The van der Waals surface area contributed by atoms with E-state index in [9.17, 15) is 19.8 Å². The lowest BCUT2D eigenvalue weighted by molar-refractivity contribution is -0.141. The molecule has 0 rings (SSSR count). The minimum atomic E-state index is -1.07. The minimum absolute atomic E-state index is 0.178. The molecule has 0 aliphatic rings. The molecule has 184 valence electrons. The highest BCUT2D eigenvalue weighted by atomic mass is 32.2. The molecule has 1 amide bonds. The van der Waals surface area contributed by atoms with E-state index in [4.69, 9.17) is 5.11 Å². The first-order chi connectivity index (χ1) is 15.0. The van der Waals surface area contributed by atoms with Crippen LogP contribution in [-0.2, 0) is 9.59 Å². The molecule has 0 fully saturated rings. The summed E-state index contributed by atoms with van der Waals surface area (Å²) in [5.41, 5.74) is 0. The van der Waals surface area contributed by atoms with Crippen LogP contribution in [-0.4, -0.2) is 57.5 Å². The third-order valence-corrected chi connectivity index (χ3v) is 6.64. The first kappa shape index (κ1) is 30.2. The second-order valence-electron chi connectivity index (χ2n) is 8.53. The molecule has 0 aromatic carbocycles. The van der Waals surface area contributed by atoms with Crippen molar-refractivity contribution >= 4 is 23.6 Å². The van der Waals surface area contributed by atoms with Crippen molar-refractivity contribution in [3.63, 3.8) is 0 Å². The molecule has 6 nitrogen and oxygen atoms in total. The Hall–Kier alpha value is -0.790. The first-order valence-corrected chi connectivity index (χ1v) is 13.6. The predicted molar refractivity (Wildman–Crippen MR) is 130 cm³/mol. The van der Waals surface area contributed by atoms with Crippen molar-refractivity contribution in [2.45, 2.75) is 122 Å². The van der Waals surface area contributed by atoms with Gasteiger partial charge in [0.25, 0.3) is 0 Å². The van der Waals surface area contributed by atoms with Crippen molar-refractivity contribution in [1.29, 1.82) is 0 Å². The second-order valence-corrected chi connectivity index (χ2v) is 9.61. The van der Waals surface area contributed by atoms with E-state index in [1.165, 1.54) is 88.8 Å². The Morgan fingerprint density at radius 3 is 1.65 bits per heavy atom.